The molecule has 1 aromatic carbocycles. The molecule has 112 valence electrons. The molecule has 6 heteroatoms. The van der Waals surface area contributed by atoms with E-state index in [1.807, 2.05) is 6.07 Å². The first kappa shape index (κ1) is 15.3. The number of nitriles is 1. The van der Waals surface area contributed by atoms with Gasteiger partial charge in [-0.2, -0.15) is 5.26 Å². The Hall–Kier alpha value is -2.13. The van der Waals surface area contributed by atoms with Crippen LogP contribution in [0.5, 0.6) is 0 Å². The summed E-state index contributed by atoms with van der Waals surface area (Å²) in [6, 6.07) is 6.18. The number of nitro benzene ring substituents is 1. The Bertz CT molecular complexity index is 582. The molecule has 6 nitrogen and oxygen atoms in total. The predicted molar refractivity (Wildman–Crippen MR) is 78.9 cm³/mol. The molecule has 0 aliphatic heterocycles. The Kier molecular flexibility index (Phi) is 4.43. The first-order chi connectivity index (χ1) is 9.93. The Morgan fingerprint density at radius 1 is 1.62 bits per heavy atom. The van der Waals surface area contributed by atoms with Gasteiger partial charge in [0.05, 0.1) is 22.2 Å². The van der Waals surface area contributed by atoms with Crippen molar-refractivity contribution in [2.24, 2.45) is 5.92 Å². The Balaban J connectivity index is 2.13. The van der Waals surface area contributed by atoms with Gasteiger partial charge in [-0.3, -0.25) is 10.1 Å². The zero-order valence-corrected chi connectivity index (χ0v) is 12.0. The zero-order valence-electron chi connectivity index (χ0n) is 12.0. The number of nitro groups is 1. The molecule has 1 saturated carbocycles. The lowest BCUT2D eigenvalue weighted by atomic mass is 9.79. The fraction of sp³-hybridized carbons (Fsp3) is 0.533. The van der Waals surface area contributed by atoms with Gasteiger partial charge in [0.25, 0.3) is 5.69 Å². The Morgan fingerprint density at radius 2 is 2.38 bits per heavy atom. The highest BCUT2D eigenvalue weighted by Gasteiger charge is 2.32. The van der Waals surface area contributed by atoms with E-state index in [1.165, 1.54) is 18.2 Å². The molecule has 1 aliphatic rings. The number of rotatable bonds is 4. The van der Waals surface area contributed by atoms with Crippen LogP contribution in [-0.2, 0) is 0 Å². The first-order valence-electron chi connectivity index (χ1n) is 7.08. The normalized spacial score (nSPS) is 25.1. The summed E-state index contributed by atoms with van der Waals surface area (Å²) in [5, 5.41) is 33.4. The molecule has 0 aromatic heterocycles. The minimum Gasteiger partial charge on any atom is -0.388 e. The van der Waals surface area contributed by atoms with Crippen molar-refractivity contribution in [2.45, 2.75) is 38.2 Å². The number of nitrogens with zero attached hydrogens (tertiary/aromatic N) is 2. The summed E-state index contributed by atoms with van der Waals surface area (Å²) in [5.74, 6) is 0.460. The summed E-state index contributed by atoms with van der Waals surface area (Å²) < 4.78 is 0. The van der Waals surface area contributed by atoms with E-state index in [0.717, 1.165) is 12.8 Å². The molecular formula is C15H19N3O3. The number of anilines is 1. The van der Waals surface area contributed by atoms with Gasteiger partial charge in [-0.05, 0) is 30.9 Å². The van der Waals surface area contributed by atoms with Crippen molar-refractivity contribution in [3.05, 3.63) is 33.9 Å². The molecule has 0 amide bonds. The molecule has 2 rings (SSSR count). The molecule has 0 heterocycles. The number of aliphatic hydroxyl groups is 1. The van der Waals surface area contributed by atoms with Gasteiger partial charge in [0.15, 0.2) is 0 Å². The lowest BCUT2D eigenvalue weighted by Crippen LogP contribution is -2.41. The second-order valence-electron chi connectivity index (χ2n) is 5.88. The largest absolute Gasteiger partial charge is 0.388 e. The molecule has 2 unspecified atom stereocenters. The quantitative estimate of drug-likeness (QED) is 0.656. The highest BCUT2D eigenvalue weighted by molar-refractivity contribution is 5.64. The number of nitrogens with one attached hydrogen (secondary N) is 1. The van der Waals surface area contributed by atoms with Gasteiger partial charge in [-0.25, -0.2) is 0 Å². The summed E-state index contributed by atoms with van der Waals surface area (Å²) in [4.78, 5) is 10.5. The third kappa shape index (κ3) is 3.70. The van der Waals surface area contributed by atoms with Crippen molar-refractivity contribution in [3.63, 3.8) is 0 Å². The van der Waals surface area contributed by atoms with E-state index >= 15 is 0 Å². The van der Waals surface area contributed by atoms with E-state index < -0.39 is 10.5 Å². The molecule has 2 N–H and O–H groups in total. The summed E-state index contributed by atoms with van der Waals surface area (Å²) in [7, 11) is 0. The number of benzene rings is 1. The van der Waals surface area contributed by atoms with Crippen molar-refractivity contribution < 1.29 is 10.0 Å². The van der Waals surface area contributed by atoms with Crippen LogP contribution in [0, 0.1) is 27.4 Å². The van der Waals surface area contributed by atoms with Crippen molar-refractivity contribution in [1.29, 1.82) is 5.26 Å². The van der Waals surface area contributed by atoms with E-state index in [-0.39, 0.29) is 17.8 Å². The molecule has 0 radical (unpaired) electrons. The molecule has 21 heavy (non-hydrogen) atoms. The fourth-order valence-electron chi connectivity index (χ4n) is 2.95. The Morgan fingerprint density at radius 3 is 3.00 bits per heavy atom. The monoisotopic (exact) mass is 289 g/mol. The van der Waals surface area contributed by atoms with Crippen molar-refractivity contribution >= 4 is 11.4 Å². The van der Waals surface area contributed by atoms with Gasteiger partial charge in [0, 0.05) is 12.6 Å². The van der Waals surface area contributed by atoms with E-state index in [0.29, 0.717) is 24.4 Å². The van der Waals surface area contributed by atoms with Crippen molar-refractivity contribution in [3.8, 4) is 6.07 Å². The lowest BCUT2D eigenvalue weighted by Gasteiger charge is -2.35. The van der Waals surface area contributed by atoms with Crippen molar-refractivity contribution in [2.75, 3.05) is 11.9 Å². The molecule has 0 saturated heterocycles. The highest BCUT2D eigenvalue weighted by atomic mass is 16.6. The summed E-state index contributed by atoms with van der Waals surface area (Å²) >= 11 is 0. The smallest absolute Gasteiger partial charge is 0.293 e. The van der Waals surface area contributed by atoms with Crippen LogP contribution >= 0.6 is 0 Å². The molecule has 0 spiro atoms. The average molecular weight is 289 g/mol. The number of hydrogen-bond donors (Lipinski definition) is 2. The topological polar surface area (TPSA) is 99.2 Å². The molecule has 2 atom stereocenters. The second kappa shape index (κ2) is 6.10. The molecule has 1 aromatic rings. The fourth-order valence-corrected chi connectivity index (χ4v) is 2.95. The van der Waals surface area contributed by atoms with Gasteiger partial charge < -0.3 is 10.4 Å². The third-order valence-electron chi connectivity index (χ3n) is 4.00. The van der Waals surface area contributed by atoms with Crippen LogP contribution in [0.4, 0.5) is 11.4 Å². The Labute approximate surface area is 123 Å². The molecule has 0 bridgehead atoms. The van der Waals surface area contributed by atoms with Crippen LogP contribution in [0.3, 0.4) is 0 Å². The predicted octanol–water partition coefficient (Wildman–Crippen LogP) is 2.82. The van der Waals surface area contributed by atoms with Crippen LogP contribution < -0.4 is 5.32 Å². The summed E-state index contributed by atoms with van der Waals surface area (Å²) in [5.41, 5.74) is -0.371. The average Bonchev–Trinajstić information content (AvgIpc) is 2.44. The van der Waals surface area contributed by atoms with Crippen LogP contribution in [0.1, 0.15) is 38.2 Å². The van der Waals surface area contributed by atoms with Crippen LogP contribution in [-0.4, -0.2) is 22.2 Å². The van der Waals surface area contributed by atoms with Gasteiger partial charge >= 0.3 is 0 Å². The molecular weight excluding hydrogens is 270 g/mol. The third-order valence-corrected chi connectivity index (χ3v) is 4.00. The zero-order chi connectivity index (χ0) is 15.5. The van der Waals surface area contributed by atoms with Gasteiger partial charge in [-0.1, -0.05) is 19.8 Å². The summed E-state index contributed by atoms with van der Waals surface area (Å²) in [6.45, 7) is 2.39. The maximum absolute atomic E-state index is 11.1. The maximum Gasteiger partial charge on any atom is 0.293 e. The molecule has 1 aliphatic carbocycles. The van der Waals surface area contributed by atoms with Crippen molar-refractivity contribution in [1.82, 2.24) is 0 Å². The maximum atomic E-state index is 11.1. The lowest BCUT2D eigenvalue weighted by molar-refractivity contribution is -0.384. The minimum absolute atomic E-state index is 0.137. The van der Waals surface area contributed by atoms with E-state index in [2.05, 4.69) is 12.2 Å². The first-order valence-corrected chi connectivity index (χ1v) is 7.08. The SMILES string of the molecule is CC1CCCC(O)(CNc2ccc(C#N)cc2[N+](=O)[O-])C1. The van der Waals surface area contributed by atoms with Gasteiger partial charge in [0.1, 0.15) is 5.69 Å². The summed E-state index contributed by atoms with van der Waals surface area (Å²) in [6.07, 6.45) is 3.48. The van der Waals surface area contributed by atoms with Crippen LogP contribution in [0.25, 0.3) is 0 Å². The van der Waals surface area contributed by atoms with E-state index in [4.69, 9.17) is 5.26 Å². The second-order valence-corrected chi connectivity index (χ2v) is 5.88. The van der Waals surface area contributed by atoms with Crippen LogP contribution in [0.15, 0.2) is 18.2 Å². The van der Waals surface area contributed by atoms with Gasteiger partial charge in [0.2, 0.25) is 0 Å². The van der Waals surface area contributed by atoms with E-state index in [9.17, 15) is 15.2 Å². The minimum atomic E-state index is -0.820. The molecule has 1 fully saturated rings. The van der Waals surface area contributed by atoms with Gasteiger partial charge in [-0.15, -0.1) is 0 Å². The standard InChI is InChI=1S/C15H19N3O3/c1-11-3-2-6-15(19,8-11)10-17-13-5-4-12(9-16)7-14(13)18(20)21/h4-5,7,11,17,19H,2-3,6,8,10H2,1H3. The van der Waals surface area contributed by atoms with Crippen LogP contribution in [0.2, 0.25) is 0 Å². The number of hydrogen-bond acceptors (Lipinski definition) is 5. The van der Waals surface area contributed by atoms with E-state index in [1.54, 1.807) is 0 Å². The highest BCUT2D eigenvalue weighted by Crippen LogP contribution is 2.33.